The van der Waals surface area contributed by atoms with Crippen LogP contribution in [-0.4, -0.2) is 11.7 Å². The molecule has 2 rings (SSSR count). The third-order valence-corrected chi connectivity index (χ3v) is 2.74. The summed E-state index contributed by atoms with van der Waals surface area (Å²) in [5, 5.41) is 11.5. The van der Waals surface area contributed by atoms with Crippen molar-refractivity contribution in [2.75, 3.05) is 5.32 Å². The molecule has 0 aliphatic rings. The first kappa shape index (κ1) is 13.6. The summed E-state index contributed by atoms with van der Waals surface area (Å²) >= 11 is 0. The molecule has 1 amide bonds. The Morgan fingerprint density at radius 1 is 1.25 bits per heavy atom. The predicted molar refractivity (Wildman–Crippen MR) is 69.6 cm³/mol. The smallest absolute Gasteiger partial charge is 0.293 e. The van der Waals surface area contributed by atoms with Gasteiger partial charge in [0.25, 0.3) is 5.91 Å². The quantitative estimate of drug-likeness (QED) is 0.866. The van der Waals surface area contributed by atoms with Gasteiger partial charge in [-0.25, -0.2) is 0 Å². The molecule has 2 aromatic rings. The van der Waals surface area contributed by atoms with Gasteiger partial charge in [0.1, 0.15) is 23.2 Å². The van der Waals surface area contributed by atoms with Crippen LogP contribution in [0.15, 0.2) is 21.0 Å². The fraction of sp³-hybridized carbons (Fsp3) is 0.214. The zero-order valence-electron chi connectivity index (χ0n) is 11.2. The first-order valence-corrected chi connectivity index (χ1v) is 5.86. The highest BCUT2D eigenvalue weighted by Gasteiger charge is 2.23. The fourth-order valence-corrected chi connectivity index (χ4v) is 1.88. The van der Waals surface area contributed by atoms with E-state index in [0.29, 0.717) is 11.5 Å². The molecular weight excluding hydrogens is 260 g/mol. The summed E-state index contributed by atoms with van der Waals surface area (Å²) in [7, 11) is 0. The average Bonchev–Trinajstić information content (AvgIpc) is 2.92. The normalized spacial score (nSPS) is 10.1. The van der Waals surface area contributed by atoms with E-state index in [0.717, 1.165) is 0 Å². The van der Waals surface area contributed by atoms with Gasteiger partial charge in [-0.3, -0.25) is 14.9 Å². The van der Waals surface area contributed by atoms with Gasteiger partial charge < -0.3 is 8.83 Å². The number of hydrogen-bond donors (Lipinski definition) is 1. The van der Waals surface area contributed by atoms with Crippen LogP contribution in [0, 0.1) is 25.2 Å². The Labute approximate surface area is 115 Å². The Morgan fingerprint density at radius 3 is 2.45 bits per heavy atom. The Kier molecular flexibility index (Phi) is 3.44. The lowest BCUT2D eigenvalue weighted by Crippen LogP contribution is -2.11. The molecule has 20 heavy (non-hydrogen) atoms. The first-order chi connectivity index (χ1) is 9.43. The minimum absolute atomic E-state index is 0.0200. The van der Waals surface area contributed by atoms with Crippen LogP contribution in [0.25, 0.3) is 0 Å². The zero-order chi connectivity index (χ0) is 14.9. The van der Waals surface area contributed by atoms with Crippen LogP contribution in [0.4, 0.5) is 5.88 Å². The first-order valence-electron chi connectivity index (χ1n) is 5.86. The highest BCUT2D eigenvalue weighted by molar-refractivity contribution is 6.04. The van der Waals surface area contributed by atoms with Crippen molar-refractivity contribution in [1.82, 2.24) is 0 Å². The van der Waals surface area contributed by atoms with E-state index < -0.39 is 5.91 Å². The number of carbonyl (C=O) groups is 2. The van der Waals surface area contributed by atoms with Crippen LogP contribution >= 0.6 is 0 Å². The molecule has 2 heterocycles. The molecule has 0 unspecified atom stereocenters. The molecule has 6 heteroatoms. The van der Waals surface area contributed by atoms with Gasteiger partial charge in [0, 0.05) is 0 Å². The number of furan rings is 2. The molecule has 0 saturated carbocycles. The molecule has 0 saturated heterocycles. The SMILES string of the molecule is CC(=O)c1c(C)oc(NC(=O)c2ccc(C)o2)c1C#N. The fourth-order valence-electron chi connectivity index (χ4n) is 1.88. The average molecular weight is 272 g/mol. The summed E-state index contributed by atoms with van der Waals surface area (Å²) in [6.45, 7) is 4.60. The highest BCUT2D eigenvalue weighted by Crippen LogP contribution is 2.27. The lowest BCUT2D eigenvalue weighted by molar-refractivity contribution is 0.0990. The van der Waals surface area contributed by atoms with E-state index in [4.69, 9.17) is 14.1 Å². The number of amides is 1. The van der Waals surface area contributed by atoms with Crippen molar-refractivity contribution >= 4 is 17.6 Å². The maximum absolute atomic E-state index is 11.9. The van der Waals surface area contributed by atoms with Gasteiger partial charge in [0.05, 0.1) is 5.56 Å². The maximum atomic E-state index is 11.9. The third kappa shape index (κ3) is 2.34. The Morgan fingerprint density at radius 2 is 1.95 bits per heavy atom. The third-order valence-electron chi connectivity index (χ3n) is 2.74. The van der Waals surface area contributed by atoms with Crippen molar-refractivity contribution in [1.29, 1.82) is 5.26 Å². The number of hydrogen-bond acceptors (Lipinski definition) is 5. The van der Waals surface area contributed by atoms with Gasteiger partial charge >= 0.3 is 0 Å². The monoisotopic (exact) mass is 272 g/mol. The van der Waals surface area contributed by atoms with E-state index >= 15 is 0 Å². The van der Waals surface area contributed by atoms with Gasteiger partial charge in [-0.15, -0.1) is 0 Å². The molecule has 0 bridgehead atoms. The zero-order valence-corrected chi connectivity index (χ0v) is 11.2. The van der Waals surface area contributed by atoms with E-state index in [1.165, 1.54) is 13.0 Å². The number of ketones is 1. The number of anilines is 1. The second-order valence-corrected chi connectivity index (χ2v) is 4.27. The number of nitrogens with one attached hydrogen (secondary N) is 1. The van der Waals surface area contributed by atoms with Crippen LogP contribution in [0.2, 0.25) is 0 Å². The van der Waals surface area contributed by atoms with E-state index in [2.05, 4.69) is 5.32 Å². The topological polar surface area (TPSA) is 96.2 Å². The Bertz CT molecular complexity index is 731. The van der Waals surface area contributed by atoms with Gasteiger partial charge in [-0.2, -0.15) is 5.26 Å². The minimum atomic E-state index is -0.543. The molecule has 102 valence electrons. The molecule has 6 nitrogen and oxygen atoms in total. The number of nitriles is 1. The second-order valence-electron chi connectivity index (χ2n) is 4.27. The number of Topliss-reactive ketones (excluding diaryl/α,β-unsaturated/α-hetero) is 1. The largest absolute Gasteiger partial charge is 0.456 e. The van der Waals surface area contributed by atoms with E-state index in [1.54, 1.807) is 19.9 Å². The molecule has 0 spiro atoms. The molecule has 0 aliphatic heterocycles. The summed E-state index contributed by atoms with van der Waals surface area (Å²) in [5.74, 6) is 0.102. The van der Waals surface area contributed by atoms with Crippen LogP contribution < -0.4 is 5.32 Å². The van der Waals surface area contributed by atoms with Crippen molar-refractivity contribution in [3.63, 3.8) is 0 Å². The van der Waals surface area contributed by atoms with Crippen LogP contribution in [0.3, 0.4) is 0 Å². The summed E-state index contributed by atoms with van der Waals surface area (Å²) in [6, 6.07) is 5.03. The second kappa shape index (κ2) is 5.05. The van der Waals surface area contributed by atoms with Crippen LogP contribution in [-0.2, 0) is 0 Å². The van der Waals surface area contributed by atoms with Gasteiger partial charge in [0.2, 0.25) is 5.88 Å². The molecule has 0 aliphatic carbocycles. The maximum Gasteiger partial charge on any atom is 0.293 e. The standard InChI is InChI=1S/C14H12N2O4/c1-7-4-5-11(19-7)13(18)16-14-10(6-15)12(8(2)17)9(3)20-14/h4-5H,1-3H3,(H,16,18). The Hall–Kier alpha value is -2.81. The molecule has 0 radical (unpaired) electrons. The molecule has 0 fully saturated rings. The lowest BCUT2D eigenvalue weighted by Gasteiger charge is -1.99. The van der Waals surface area contributed by atoms with E-state index in [-0.39, 0.29) is 28.6 Å². The summed E-state index contributed by atoms with van der Waals surface area (Å²) in [5.41, 5.74) is 0.199. The Balaban J connectivity index is 2.35. The van der Waals surface area contributed by atoms with Crippen molar-refractivity contribution in [2.24, 2.45) is 0 Å². The number of aryl methyl sites for hydroxylation is 2. The van der Waals surface area contributed by atoms with Crippen molar-refractivity contribution in [3.8, 4) is 6.07 Å². The van der Waals surface area contributed by atoms with Gasteiger partial charge in [-0.1, -0.05) is 0 Å². The van der Waals surface area contributed by atoms with Gasteiger partial charge in [-0.05, 0) is 32.9 Å². The highest BCUT2D eigenvalue weighted by atomic mass is 16.4. The number of carbonyl (C=O) groups excluding carboxylic acids is 2. The summed E-state index contributed by atoms with van der Waals surface area (Å²) < 4.78 is 10.5. The summed E-state index contributed by atoms with van der Waals surface area (Å²) in [4.78, 5) is 23.4. The van der Waals surface area contributed by atoms with Crippen molar-refractivity contribution < 1.29 is 18.4 Å². The number of nitrogens with zero attached hydrogens (tertiary/aromatic N) is 1. The minimum Gasteiger partial charge on any atom is -0.456 e. The molecule has 2 aromatic heterocycles. The lowest BCUT2D eigenvalue weighted by atomic mass is 10.1. The van der Waals surface area contributed by atoms with Crippen LogP contribution in [0.1, 0.15) is 44.9 Å². The summed E-state index contributed by atoms with van der Waals surface area (Å²) in [6.07, 6.45) is 0. The molecule has 1 N–H and O–H groups in total. The molecular formula is C14H12N2O4. The van der Waals surface area contributed by atoms with Crippen LogP contribution in [0.5, 0.6) is 0 Å². The molecule has 0 aromatic carbocycles. The number of rotatable bonds is 3. The predicted octanol–water partition coefficient (Wildman–Crippen LogP) is 2.82. The van der Waals surface area contributed by atoms with Crippen molar-refractivity contribution in [2.45, 2.75) is 20.8 Å². The van der Waals surface area contributed by atoms with E-state index in [1.807, 2.05) is 6.07 Å². The van der Waals surface area contributed by atoms with E-state index in [9.17, 15) is 9.59 Å². The molecule has 0 atom stereocenters. The van der Waals surface area contributed by atoms with Crippen molar-refractivity contribution in [3.05, 3.63) is 40.5 Å². The van der Waals surface area contributed by atoms with Gasteiger partial charge in [0.15, 0.2) is 11.5 Å².